The molecule has 1 amide bonds. The van der Waals surface area contributed by atoms with Crippen LogP contribution < -0.4 is 24.8 Å². The number of hydrogen-bond donors (Lipinski definition) is 2. The van der Waals surface area contributed by atoms with Crippen molar-refractivity contribution < 1.29 is 23.4 Å². The van der Waals surface area contributed by atoms with Crippen LogP contribution in [-0.2, 0) is 4.79 Å². The number of carbonyl (C=O) groups excluding carboxylic acids is 1. The van der Waals surface area contributed by atoms with Gasteiger partial charge >= 0.3 is 0 Å². The predicted molar refractivity (Wildman–Crippen MR) is 135 cm³/mol. The van der Waals surface area contributed by atoms with Crippen LogP contribution >= 0.6 is 24.0 Å². The summed E-state index contributed by atoms with van der Waals surface area (Å²) < 4.78 is 31.3. The summed E-state index contributed by atoms with van der Waals surface area (Å²) in [5.41, 5.74) is 2.08. The Hall–Kier alpha value is -3.37. The van der Waals surface area contributed by atoms with E-state index < -0.39 is 5.82 Å². The van der Waals surface area contributed by atoms with Gasteiger partial charge in [0.05, 0.1) is 19.7 Å². The van der Waals surface area contributed by atoms with Gasteiger partial charge in [-0.25, -0.2) is 4.39 Å². The number of rotatable bonds is 7. The number of pyridine rings is 1. The third-order valence-electron chi connectivity index (χ3n) is 5.05. The van der Waals surface area contributed by atoms with Crippen molar-refractivity contribution in [3.05, 3.63) is 59.4 Å². The molecule has 0 saturated heterocycles. The number of nitrogens with one attached hydrogen (secondary N) is 2. The molecule has 1 aliphatic rings. The number of thioether (sulfide) groups is 1. The Morgan fingerprint density at radius 2 is 1.91 bits per heavy atom. The molecule has 1 aromatic heterocycles. The van der Waals surface area contributed by atoms with Crippen LogP contribution in [-0.4, -0.2) is 36.0 Å². The van der Waals surface area contributed by atoms with Crippen LogP contribution in [0.4, 0.5) is 10.1 Å². The minimum absolute atomic E-state index is 0.0217. The molecule has 0 atom stereocenters. The van der Waals surface area contributed by atoms with Crippen LogP contribution in [0.1, 0.15) is 12.8 Å². The fourth-order valence-electron chi connectivity index (χ4n) is 3.41. The molecular formula is C24H22FN3O4S2. The molecular weight excluding hydrogens is 477 g/mol. The van der Waals surface area contributed by atoms with E-state index in [0.29, 0.717) is 40.3 Å². The van der Waals surface area contributed by atoms with E-state index in [9.17, 15) is 9.18 Å². The van der Waals surface area contributed by atoms with E-state index in [2.05, 4.69) is 15.6 Å². The topological polar surface area (TPSA) is 81.7 Å². The number of aromatic nitrogens is 1. The van der Waals surface area contributed by atoms with Crippen LogP contribution in [0.2, 0.25) is 0 Å². The van der Waals surface area contributed by atoms with Gasteiger partial charge in [-0.2, -0.15) is 0 Å². The summed E-state index contributed by atoms with van der Waals surface area (Å²) in [5, 5.41) is 8.19. The number of hydrogen-bond acceptors (Lipinski definition) is 7. The first-order valence-electron chi connectivity index (χ1n) is 10.4. The molecule has 3 aromatic rings. The lowest BCUT2D eigenvalue weighted by molar-refractivity contribution is -0.119. The lowest BCUT2D eigenvalue weighted by atomic mass is 10.1. The molecule has 34 heavy (non-hydrogen) atoms. The largest absolute Gasteiger partial charge is 0.493 e. The molecule has 176 valence electrons. The molecule has 0 unspecified atom stereocenters. The molecule has 0 radical (unpaired) electrons. The Labute approximate surface area is 205 Å². The molecule has 2 N–H and O–H groups in total. The van der Waals surface area contributed by atoms with Crippen LogP contribution in [0.3, 0.4) is 0 Å². The van der Waals surface area contributed by atoms with Gasteiger partial charge in [0.2, 0.25) is 5.91 Å². The minimum Gasteiger partial charge on any atom is -0.493 e. The van der Waals surface area contributed by atoms with Gasteiger partial charge in [-0.05, 0) is 48.3 Å². The fraction of sp³-hybridized carbons (Fsp3) is 0.208. The Morgan fingerprint density at radius 3 is 2.62 bits per heavy atom. The van der Waals surface area contributed by atoms with Gasteiger partial charge in [0.1, 0.15) is 5.75 Å². The van der Waals surface area contributed by atoms with Gasteiger partial charge in [-0.1, -0.05) is 5.57 Å². The zero-order valence-corrected chi connectivity index (χ0v) is 20.1. The van der Waals surface area contributed by atoms with E-state index in [-0.39, 0.29) is 16.8 Å². The van der Waals surface area contributed by atoms with Crippen molar-refractivity contribution in [2.24, 2.45) is 0 Å². The van der Waals surface area contributed by atoms with E-state index >= 15 is 0 Å². The standard InChI is InChI=1S/C24H22FN3O4S2/c1-30-21-11-16-18(12-22(21)31-2)26-7-5-19(16)32-20-4-3-15(10-17(20)25)27-24(33)28-23(29)9-14-6-8-34-13-14/h3-5,7,10-13H,6,8-9H2,1-2H3,(H2,27,28,29,33). The molecule has 2 heterocycles. The van der Waals surface area contributed by atoms with E-state index in [1.165, 1.54) is 19.2 Å². The van der Waals surface area contributed by atoms with Crippen LogP contribution in [0.25, 0.3) is 10.9 Å². The van der Waals surface area contributed by atoms with Crippen molar-refractivity contribution in [3.63, 3.8) is 0 Å². The number of ether oxygens (including phenoxy) is 3. The van der Waals surface area contributed by atoms with E-state index in [1.807, 2.05) is 5.41 Å². The van der Waals surface area contributed by atoms with Gasteiger partial charge in [-0.3, -0.25) is 9.78 Å². The Kier molecular flexibility index (Phi) is 7.49. The Balaban J connectivity index is 1.45. The summed E-state index contributed by atoms with van der Waals surface area (Å²) in [4.78, 5) is 16.4. The summed E-state index contributed by atoms with van der Waals surface area (Å²) >= 11 is 6.87. The maximum Gasteiger partial charge on any atom is 0.230 e. The third kappa shape index (κ3) is 5.57. The van der Waals surface area contributed by atoms with Crippen molar-refractivity contribution in [1.82, 2.24) is 10.3 Å². The van der Waals surface area contributed by atoms with Crippen molar-refractivity contribution in [2.75, 3.05) is 25.3 Å². The summed E-state index contributed by atoms with van der Waals surface area (Å²) in [6.07, 6.45) is 2.77. The second kappa shape index (κ2) is 10.7. The SMILES string of the molecule is COc1cc2nccc(Oc3ccc(NC(=S)NC(=O)CC4=CSCC4)cc3F)c2cc1OC. The molecule has 7 nitrogen and oxygen atoms in total. The normalized spacial score (nSPS) is 12.7. The Bertz CT molecular complexity index is 1280. The smallest absolute Gasteiger partial charge is 0.230 e. The van der Waals surface area contributed by atoms with Crippen molar-refractivity contribution in [1.29, 1.82) is 0 Å². The number of methoxy groups -OCH3 is 2. The van der Waals surface area contributed by atoms with Crippen LogP contribution in [0.5, 0.6) is 23.0 Å². The molecule has 0 fully saturated rings. The zero-order chi connectivity index (χ0) is 24.1. The van der Waals surface area contributed by atoms with Crippen LogP contribution in [0, 0.1) is 5.82 Å². The highest BCUT2D eigenvalue weighted by Gasteiger charge is 2.15. The van der Waals surface area contributed by atoms with Crippen molar-refractivity contribution in [2.45, 2.75) is 12.8 Å². The van der Waals surface area contributed by atoms with E-state index in [0.717, 1.165) is 17.7 Å². The number of anilines is 1. The van der Waals surface area contributed by atoms with Gasteiger partial charge in [0.25, 0.3) is 0 Å². The number of benzene rings is 2. The van der Waals surface area contributed by atoms with Crippen molar-refractivity contribution in [3.8, 4) is 23.0 Å². The number of carbonyl (C=O) groups is 1. The summed E-state index contributed by atoms with van der Waals surface area (Å²) in [6, 6.07) is 9.43. The minimum atomic E-state index is -0.599. The van der Waals surface area contributed by atoms with Gasteiger partial charge in [0, 0.05) is 41.6 Å². The van der Waals surface area contributed by atoms with E-state index in [4.69, 9.17) is 26.4 Å². The summed E-state index contributed by atoms with van der Waals surface area (Å²) in [6.45, 7) is 0. The second-order valence-electron chi connectivity index (χ2n) is 7.36. The van der Waals surface area contributed by atoms with E-state index in [1.54, 1.807) is 49.3 Å². The first-order chi connectivity index (χ1) is 16.5. The average Bonchev–Trinajstić information content (AvgIpc) is 3.32. The molecule has 0 bridgehead atoms. The van der Waals surface area contributed by atoms with Crippen molar-refractivity contribution >= 4 is 51.6 Å². The summed E-state index contributed by atoms with van der Waals surface area (Å²) in [7, 11) is 3.07. The van der Waals surface area contributed by atoms with Gasteiger partial charge in [-0.15, -0.1) is 11.8 Å². The predicted octanol–water partition coefficient (Wildman–Crippen LogP) is 5.41. The number of thiocarbonyl (C=S) groups is 1. The molecule has 4 rings (SSSR count). The first-order valence-corrected chi connectivity index (χ1v) is 11.8. The van der Waals surface area contributed by atoms with Crippen LogP contribution in [0.15, 0.2) is 53.6 Å². The zero-order valence-electron chi connectivity index (χ0n) is 18.5. The lowest BCUT2D eigenvalue weighted by Crippen LogP contribution is -2.34. The molecule has 0 spiro atoms. The maximum absolute atomic E-state index is 14.8. The number of halogens is 1. The molecule has 2 aromatic carbocycles. The highest BCUT2D eigenvalue weighted by molar-refractivity contribution is 8.02. The Morgan fingerprint density at radius 1 is 1.12 bits per heavy atom. The summed E-state index contributed by atoms with van der Waals surface area (Å²) in [5.74, 6) is 1.66. The molecule has 10 heteroatoms. The first kappa shape index (κ1) is 23.8. The second-order valence-corrected chi connectivity index (χ2v) is 8.74. The maximum atomic E-state index is 14.8. The molecule has 1 aliphatic heterocycles. The number of amides is 1. The number of fused-ring (bicyclic) bond motifs is 1. The van der Waals surface area contributed by atoms with Gasteiger partial charge < -0.3 is 24.8 Å². The quantitative estimate of drug-likeness (QED) is 0.418. The lowest BCUT2D eigenvalue weighted by Gasteiger charge is -2.14. The number of nitrogens with zero attached hydrogens (tertiary/aromatic N) is 1. The van der Waals surface area contributed by atoms with Gasteiger partial charge in [0.15, 0.2) is 28.2 Å². The monoisotopic (exact) mass is 499 g/mol. The molecule has 0 aliphatic carbocycles. The highest BCUT2D eigenvalue weighted by atomic mass is 32.2. The molecule has 0 saturated carbocycles. The fourth-order valence-corrected chi connectivity index (χ4v) is 4.58. The average molecular weight is 500 g/mol. The highest BCUT2D eigenvalue weighted by Crippen LogP contribution is 2.37. The third-order valence-corrected chi connectivity index (χ3v) is 6.19.